The van der Waals surface area contributed by atoms with Crippen LogP contribution in [0.5, 0.6) is 5.75 Å². The zero-order valence-electron chi connectivity index (χ0n) is 11.5. The lowest BCUT2D eigenvalue weighted by Crippen LogP contribution is -2.16. The van der Waals surface area contributed by atoms with Crippen molar-refractivity contribution in [1.29, 1.82) is 5.26 Å². The molecule has 0 bridgehead atoms. The Morgan fingerprint density at radius 3 is 2.77 bits per heavy atom. The number of carbonyl (C=O) groups is 1. The van der Waals surface area contributed by atoms with Crippen molar-refractivity contribution in [2.24, 2.45) is 0 Å². The third kappa shape index (κ3) is 3.40. The van der Waals surface area contributed by atoms with Crippen molar-refractivity contribution in [3.05, 3.63) is 34.3 Å². The molecule has 0 amide bonds. The van der Waals surface area contributed by atoms with Crippen molar-refractivity contribution in [3.8, 4) is 22.4 Å². The van der Waals surface area contributed by atoms with Gasteiger partial charge in [0.05, 0.1) is 11.3 Å². The molecule has 2 aromatic rings. The van der Waals surface area contributed by atoms with Gasteiger partial charge in [0, 0.05) is 5.56 Å². The van der Waals surface area contributed by atoms with E-state index in [1.807, 2.05) is 6.07 Å². The van der Waals surface area contributed by atoms with Gasteiger partial charge in [0.2, 0.25) is 0 Å². The van der Waals surface area contributed by atoms with Crippen molar-refractivity contribution in [1.82, 2.24) is 4.98 Å². The van der Waals surface area contributed by atoms with Gasteiger partial charge in [0.1, 0.15) is 28.3 Å². The molecule has 7 nitrogen and oxygen atoms in total. The summed E-state index contributed by atoms with van der Waals surface area (Å²) in [4.78, 5) is 15.4. The van der Waals surface area contributed by atoms with Crippen molar-refractivity contribution >= 4 is 17.3 Å². The molecule has 0 spiro atoms. The van der Waals surface area contributed by atoms with Crippen LogP contribution in [-0.2, 0) is 0 Å². The van der Waals surface area contributed by atoms with E-state index in [0.717, 1.165) is 11.3 Å². The molecule has 0 aliphatic rings. The number of thiazole rings is 1. The molecule has 0 unspecified atom stereocenters. The minimum atomic E-state index is -1.63. The molecule has 0 aliphatic carbocycles. The summed E-state index contributed by atoms with van der Waals surface area (Å²) in [6.07, 6.45) is -1.63. The molecular formula is C14H12N2O5S. The van der Waals surface area contributed by atoms with Gasteiger partial charge >= 0.3 is 5.97 Å². The van der Waals surface area contributed by atoms with Crippen molar-refractivity contribution in [2.75, 3.05) is 6.61 Å². The Morgan fingerprint density at radius 2 is 2.23 bits per heavy atom. The minimum absolute atomic E-state index is 0.150. The van der Waals surface area contributed by atoms with E-state index in [4.69, 9.17) is 25.3 Å². The molecule has 8 heteroatoms. The van der Waals surface area contributed by atoms with Gasteiger partial charge in [-0.15, -0.1) is 11.3 Å². The number of aromatic carboxylic acids is 1. The van der Waals surface area contributed by atoms with Gasteiger partial charge in [-0.2, -0.15) is 5.26 Å². The number of nitriles is 1. The van der Waals surface area contributed by atoms with E-state index in [1.165, 1.54) is 12.1 Å². The van der Waals surface area contributed by atoms with Gasteiger partial charge in [-0.05, 0) is 25.1 Å². The predicted octanol–water partition coefficient (Wildman–Crippen LogP) is 1.38. The first-order valence-corrected chi connectivity index (χ1v) is 6.98. The van der Waals surface area contributed by atoms with Gasteiger partial charge in [-0.3, -0.25) is 0 Å². The standard InChI is InChI=1S/C14H12N2O5S/c1-7-12(14(19)20)22-13(16-7)8-2-3-10(9(4-8)5-15)21-6-11(17)18/h2-4,11,17-18H,6H2,1H3,(H,19,20). The number of aliphatic hydroxyl groups is 2. The first-order valence-electron chi connectivity index (χ1n) is 6.16. The van der Waals surface area contributed by atoms with Gasteiger partial charge in [0.25, 0.3) is 0 Å². The van der Waals surface area contributed by atoms with Gasteiger partial charge in [0.15, 0.2) is 6.29 Å². The first-order chi connectivity index (χ1) is 10.4. The summed E-state index contributed by atoms with van der Waals surface area (Å²) >= 11 is 1.02. The summed E-state index contributed by atoms with van der Waals surface area (Å²) in [6, 6.07) is 6.60. The number of hydrogen-bond acceptors (Lipinski definition) is 7. The number of aryl methyl sites for hydroxylation is 1. The molecule has 0 saturated heterocycles. The van der Waals surface area contributed by atoms with Crippen LogP contribution in [0.3, 0.4) is 0 Å². The predicted molar refractivity (Wildman–Crippen MR) is 77.7 cm³/mol. The Morgan fingerprint density at radius 1 is 1.50 bits per heavy atom. The summed E-state index contributed by atoms with van der Waals surface area (Å²) in [7, 11) is 0. The SMILES string of the molecule is Cc1nc(-c2ccc(OCC(O)O)c(C#N)c2)sc1C(=O)O. The van der Waals surface area contributed by atoms with Gasteiger partial charge in [-0.1, -0.05) is 0 Å². The second-order valence-corrected chi connectivity index (χ2v) is 5.35. The molecule has 0 radical (unpaired) electrons. The summed E-state index contributed by atoms with van der Waals surface area (Å²) in [5.74, 6) is -0.829. The topological polar surface area (TPSA) is 124 Å². The average molecular weight is 320 g/mol. The molecule has 114 valence electrons. The number of benzene rings is 1. The molecule has 22 heavy (non-hydrogen) atoms. The molecule has 0 atom stereocenters. The van der Waals surface area contributed by atoms with Crippen LogP contribution >= 0.6 is 11.3 Å². The van der Waals surface area contributed by atoms with Crippen LogP contribution < -0.4 is 4.74 Å². The second-order valence-electron chi connectivity index (χ2n) is 4.35. The van der Waals surface area contributed by atoms with Crippen LogP contribution in [0.25, 0.3) is 10.6 Å². The van der Waals surface area contributed by atoms with E-state index in [1.54, 1.807) is 13.0 Å². The van der Waals surface area contributed by atoms with Crippen LogP contribution in [-0.4, -0.2) is 39.2 Å². The smallest absolute Gasteiger partial charge is 0.347 e. The van der Waals surface area contributed by atoms with E-state index in [2.05, 4.69) is 4.98 Å². The van der Waals surface area contributed by atoms with Crippen molar-refractivity contribution in [3.63, 3.8) is 0 Å². The lowest BCUT2D eigenvalue weighted by Gasteiger charge is -2.09. The number of hydrogen-bond donors (Lipinski definition) is 3. The van der Waals surface area contributed by atoms with Gasteiger partial charge in [-0.25, -0.2) is 9.78 Å². The highest BCUT2D eigenvalue weighted by Gasteiger charge is 2.16. The first kappa shape index (κ1) is 15.9. The quantitative estimate of drug-likeness (QED) is 0.711. The Hall–Kier alpha value is -2.47. The van der Waals surface area contributed by atoms with Crippen molar-refractivity contribution in [2.45, 2.75) is 13.2 Å². The maximum atomic E-state index is 11.0. The fourth-order valence-electron chi connectivity index (χ4n) is 1.76. The summed E-state index contributed by atoms with van der Waals surface area (Å²) in [5.41, 5.74) is 1.20. The summed E-state index contributed by atoms with van der Waals surface area (Å²) in [6.45, 7) is 1.25. The lowest BCUT2D eigenvalue weighted by molar-refractivity contribution is -0.0681. The van der Waals surface area contributed by atoms with Crippen molar-refractivity contribution < 1.29 is 24.9 Å². The largest absolute Gasteiger partial charge is 0.487 e. The Labute approximate surface area is 129 Å². The Kier molecular flexibility index (Phi) is 4.72. The number of rotatable bonds is 5. The molecule has 1 heterocycles. The second kappa shape index (κ2) is 6.53. The zero-order chi connectivity index (χ0) is 16.3. The van der Waals surface area contributed by atoms with E-state index in [9.17, 15) is 4.79 Å². The Bertz CT molecular complexity index is 748. The monoisotopic (exact) mass is 320 g/mol. The normalized spacial score (nSPS) is 10.5. The van der Waals surface area contributed by atoms with E-state index in [0.29, 0.717) is 16.3 Å². The number of nitrogens with zero attached hydrogens (tertiary/aromatic N) is 2. The lowest BCUT2D eigenvalue weighted by atomic mass is 10.1. The number of carboxylic acids is 1. The van der Waals surface area contributed by atoms with E-state index < -0.39 is 12.3 Å². The highest BCUT2D eigenvalue weighted by Crippen LogP contribution is 2.31. The molecule has 3 N–H and O–H groups in total. The number of carboxylic acid groups (broad SMARTS) is 1. The fourth-order valence-corrected chi connectivity index (χ4v) is 2.66. The van der Waals surface area contributed by atoms with E-state index in [-0.39, 0.29) is 22.8 Å². The highest BCUT2D eigenvalue weighted by molar-refractivity contribution is 7.17. The molecule has 1 aromatic heterocycles. The summed E-state index contributed by atoms with van der Waals surface area (Å²) < 4.78 is 5.11. The molecule has 0 fully saturated rings. The number of ether oxygens (including phenoxy) is 1. The molecule has 1 aromatic carbocycles. The average Bonchev–Trinajstić information content (AvgIpc) is 2.87. The third-order valence-corrected chi connectivity index (χ3v) is 3.92. The van der Waals surface area contributed by atoms with Crippen LogP contribution in [0.4, 0.5) is 0 Å². The van der Waals surface area contributed by atoms with Crippen LogP contribution in [0, 0.1) is 18.3 Å². The number of aliphatic hydroxyl groups excluding tert-OH is 1. The third-order valence-electron chi connectivity index (χ3n) is 2.73. The number of aromatic nitrogens is 1. The molecular weight excluding hydrogens is 308 g/mol. The molecule has 2 rings (SSSR count). The fraction of sp³-hybridized carbons (Fsp3) is 0.214. The maximum absolute atomic E-state index is 11.0. The summed E-state index contributed by atoms with van der Waals surface area (Å²) in [5, 5.41) is 36.2. The van der Waals surface area contributed by atoms with Crippen LogP contribution in [0.15, 0.2) is 18.2 Å². The van der Waals surface area contributed by atoms with E-state index >= 15 is 0 Å². The Balaban J connectivity index is 2.35. The molecule has 0 aliphatic heterocycles. The van der Waals surface area contributed by atoms with Gasteiger partial charge < -0.3 is 20.1 Å². The molecule has 0 saturated carbocycles. The van der Waals surface area contributed by atoms with Crippen LogP contribution in [0.1, 0.15) is 20.9 Å². The van der Waals surface area contributed by atoms with Crippen LogP contribution in [0.2, 0.25) is 0 Å². The highest BCUT2D eigenvalue weighted by atomic mass is 32.1. The zero-order valence-corrected chi connectivity index (χ0v) is 12.3. The minimum Gasteiger partial charge on any atom is -0.487 e. The maximum Gasteiger partial charge on any atom is 0.347 e.